The lowest BCUT2D eigenvalue weighted by Gasteiger charge is -2.02. The molecule has 0 atom stereocenters. The Balaban J connectivity index is 0.000000367. The van der Waals surface area contributed by atoms with E-state index in [-0.39, 0.29) is 23.1 Å². The molecule has 11 heteroatoms. The fourth-order valence-electron chi connectivity index (χ4n) is 3.61. The highest BCUT2D eigenvalue weighted by molar-refractivity contribution is 5.58. The number of rotatable bonds is 5. The lowest BCUT2D eigenvalue weighted by Crippen LogP contribution is -1.94. The van der Waals surface area contributed by atoms with Gasteiger partial charge < -0.3 is 5.11 Å². The number of allylic oxidation sites excluding steroid dienone is 1. The molecule has 0 fully saturated rings. The molecule has 1 radical (unpaired) electrons. The molecule has 0 spiro atoms. The Morgan fingerprint density at radius 3 is 1.51 bits per heavy atom. The first-order valence-corrected chi connectivity index (χ1v) is 13.0. The highest BCUT2D eigenvalue weighted by Crippen LogP contribution is 2.19. The molecule has 0 aromatic heterocycles. The van der Waals surface area contributed by atoms with Crippen molar-refractivity contribution in [3.63, 3.8) is 0 Å². The zero-order valence-corrected chi connectivity index (χ0v) is 24.4. The monoisotopic (exact) mass is 643 g/mol. The molecule has 0 saturated carbocycles. The molecule has 0 amide bonds. The minimum atomic E-state index is -1.52. The SMILES string of the molecule is C=Cc1cc(/C=C/Cc2cc(F)c(F)c(F)c2)cc(F)c1F.CO.Cc1cc(F)c(F)c(F)c1.[CH2]c1cc(F)c(CC)c(F)c1. The number of aryl methyl sites for hydroxylation is 1. The highest BCUT2D eigenvalue weighted by Gasteiger charge is 2.11. The summed E-state index contributed by atoms with van der Waals surface area (Å²) in [5.41, 5.74) is 1.49. The van der Waals surface area contributed by atoms with Crippen LogP contribution in [0.25, 0.3) is 12.2 Å². The molecule has 0 aliphatic carbocycles. The average molecular weight is 644 g/mol. The van der Waals surface area contributed by atoms with Crippen molar-refractivity contribution in [2.24, 2.45) is 0 Å². The normalized spacial score (nSPS) is 10.3. The van der Waals surface area contributed by atoms with E-state index < -0.39 is 58.2 Å². The van der Waals surface area contributed by atoms with Gasteiger partial charge in [-0.25, -0.2) is 43.9 Å². The maximum Gasteiger partial charge on any atom is 0.194 e. The summed E-state index contributed by atoms with van der Waals surface area (Å²) in [7, 11) is 1.00. The van der Waals surface area contributed by atoms with Crippen LogP contribution in [0.1, 0.15) is 40.3 Å². The van der Waals surface area contributed by atoms with Gasteiger partial charge in [0.15, 0.2) is 46.5 Å². The van der Waals surface area contributed by atoms with E-state index in [1.807, 2.05) is 0 Å². The van der Waals surface area contributed by atoms with Gasteiger partial charge in [-0.05, 0) is 97.5 Å². The Hall–Kier alpha value is -4.38. The van der Waals surface area contributed by atoms with Crippen molar-refractivity contribution in [3.8, 4) is 0 Å². The van der Waals surface area contributed by atoms with Crippen molar-refractivity contribution in [1.29, 1.82) is 0 Å². The number of aliphatic hydroxyl groups excluding tert-OH is 1. The van der Waals surface area contributed by atoms with Gasteiger partial charge in [0.25, 0.3) is 0 Å². The smallest absolute Gasteiger partial charge is 0.194 e. The van der Waals surface area contributed by atoms with Gasteiger partial charge >= 0.3 is 0 Å². The third-order valence-corrected chi connectivity index (χ3v) is 5.69. The van der Waals surface area contributed by atoms with Crippen LogP contribution in [-0.4, -0.2) is 12.2 Å². The molecule has 0 unspecified atom stereocenters. The van der Waals surface area contributed by atoms with E-state index in [9.17, 15) is 43.9 Å². The fraction of sp³-hybridized carbons (Fsp3) is 0.147. The van der Waals surface area contributed by atoms with Gasteiger partial charge in [0.05, 0.1) is 0 Å². The summed E-state index contributed by atoms with van der Waals surface area (Å²) >= 11 is 0. The highest BCUT2D eigenvalue weighted by atomic mass is 19.2. The van der Waals surface area contributed by atoms with Gasteiger partial charge in [0, 0.05) is 18.2 Å². The molecule has 4 aromatic carbocycles. The molecule has 0 aliphatic heterocycles. The zero-order chi connectivity index (χ0) is 34.4. The molecule has 0 aliphatic rings. The molecule has 4 rings (SSSR count). The Morgan fingerprint density at radius 2 is 1.07 bits per heavy atom. The second kappa shape index (κ2) is 18.4. The van der Waals surface area contributed by atoms with Crippen LogP contribution >= 0.6 is 0 Å². The first-order chi connectivity index (χ1) is 21.2. The average Bonchev–Trinajstić information content (AvgIpc) is 2.97. The van der Waals surface area contributed by atoms with E-state index in [4.69, 9.17) is 5.11 Å². The molecule has 45 heavy (non-hydrogen) atoms. The fourth-order valence-corrected chi connectivity index (χ4v) is 3.61. The topological polar surface area (TPSA) is 20.2 Å². The van der Waals surface area contributed by atoms with Crippen LogP contribution in [0.15, 0.2) is 61.2 Å². The van der Waals surface area contributed by atoms with Crippen molar-refractivity contribution in [1.82, 2.24) is 0 Å². The third kappa shape index (κ3) is 11.6. The number of hydrogen-bond acceptors (Lipinski definition) is 1. The van der Waals surface area contributed by atoms with Crippen molar-refractivity contribution in [3.05, 3.63) is 160 Å². The quantitative estimate of drug-likeness (QED) is 0.170. The van der Waals surface area contributed by atoms with Crippen LogP contribution < -0.4 is 0 Å². The molecule has 4 aromatic rings. The molecule has 0 bridgehead atoms. The summed E-state index contributed by atoms with van der Waals surface area (Å²) in [5, 5.41) is 7.00. The lowest BCUT2D eigenvalue weighted by atomic mass is 10.1. The van der Waals surface area contributed by atoms with Crippen LogP contribution in [-0.2, 0) is 12.8 Å². The molecule has 1 nitrogen and oxygen atoms in total. The van der Waals surface area contributed by atoms with E-state index in [0.29, 0.717) is 23.1 Å². The van der Waals surface area contributed by atoms with Gasteiger partial charge in [-0.3, -0.25) is 0 Å². The van der Waals surface area contributed by atoms with Gasteiger partial charge in [-0.15, -0.1) is 0 Å². The molecular formula is C34H29F10O. The summed E-state index contributed by atoms with van der Waals surface area (Å²) < 4.78 is 128. The minimum Gasteiger partial charge on any atom is -0.400 e. The predicted octanol–water partition coefficient (Wildman–Crippen LogP) is 10.0. The second-order valence-electron chi connectivity index (χ2n) is 9.02. The third-order valence-electron chi connectivity index (χ3n) is 5.69. The largest absolute Gasteiger partial charge is 0.400 e. The second-order valence-corrected chi connectivity index (χ2v) is 9.02. The number of hydrogen-bond donors (Lipinski definition) is 1. The van der Waals surface area contributed by atoms with Gasteiger partial charge in [-0.1, -0.05) is 31.7 Å². The van der Waals surface area contributed by atoms with Crippen LogP contribution in [0.3, 0.4) is 0 Å². The predicted molar refractivity (Wildman–Crippen MR) is 155 cm³/mol. The standard InChI is InChI=1S/C17H11F5.C9H9F2.C7H5F3.CH4O/c1-2-12-6-10(7-13(18)16(12)21)4-3-5-11-8-14(19)17(22)15(20)9-11;1-3-7-8(10)4-6(2)5-9(7)11;1-4-2-5(8)7(10)6(9)3-4;1-2/h2-4,6-9H,1,5H2;4-5H,2-3H2,1H3;2-3H,1H3;2H,1H3/b4-3+;;;. The van der Waals surface area contributed by atoms with E-state index in [1.54, 1.807) is 6.92 Å². The Kier molecular flexibility index (Phi) is 15.8. The first-order valence-electron chi connectivity index (χ1n) is 13.0. The molecule has 0 heterocycles. The summed E-state index contributed by atoms with van der Waals surface area (Å²) in [5.74, 6) is -10.8. The number of halogens is 10. The van der Waals surface area contributed by atoms with Crippen molar-refractivity contribution >= 4 is 12.2 Å². The molecule has 1 N–H and O–H groups in total. The van der Waals surface area contributed by atoms with E-state index >= 15 is 0 Å². The van der Waals surface area contributed by atoms with E-state index in [0.717, 1.165) is 37.4 Å². The zero-order valence-electron chi connectivity index (χ0n) is 24.4. The van der Waals surface area contributed by atoms with Gasteiger partial charge in [-0.2, -0.15) is 0 Å². The maximum atomic E-state index is 13.3. The minimum absolute atomic E-state index is 0.0125. The van der Waals surface area contributed by atoms with Crippen molar-refractivity contribution in [2.45, 2.75) is 26.7 Å². The van der Waals surface area contributed by atoms with Crippen LogP contribution in [0.5, 0.6) is 0 Å². The molecular weight excluding hydrogens is 614 g/mol. The number of benzene rings is 4. The summed E-state index contributed by atoms with van der Waals surface area (Å²) in [6.45, 7) is 10.0. The lowest BCUT2D eigenvalue weighted by molar-refractivity contribution is 0.399. The van der Waals surface area contributed by atoms with Crippen LogP contribution in [0.4, 0.5) is 43.9 Å². The van der Waals surface area contributed by atoms with E-state index in [2.05, 4.69) is 13.5 Å². The summed E-state index contributed by atoms with van der Waals surface area (Å²) in [6, 6.07) is 8.49. The Labute approximate surface area is 254 Å². The van der Waals surface area contributed by atoms with Crippen LogP contribution in [0, 0.1) is 72.0 Å². The summed E-state index contributed by atoms with van der Waals surface area (Å²) in [6.07, 6.45) is 4.63. The first kappa shape index (κ1) is 38.6. The number of aliphatic hydroxyl groups is 1. The maximum absolute atomic E-state index is 13.3. The van der Waals surface area contributed by atoms with E-state index in [1.165, 1.54) is 43.4 Å². The summed E-state index contributed by atoms with van der Waals surface area (Å²) in [4.78, 5) is 0. The van der Waals surface area contributed by atoms with Crippen molar-refractivity contribution < 1.29 is 49.0 Å². The van der Waals surface area contributed by atoms with Gasteiger partial charge in [0.2, 0.25) is 0 Å². The van der Waals surface area contributed by atoms with Gasteiger partial charge in [0.1, 0.15) is 11.6 Å². The Morgan fingerprint density at radius 1 is 0.622 bits per heavy atom. The van der Waals surface area contributed by atoms with Crippen molar-refractivity contribution in [2.75, 3.05) is 7.11 Å². The molecule has 241 valence electrons. The molecule has 0 saturated heterocycles. The van der Waals surface area contributed by atoms with Crippen LogP contribution in [0.2, 0.25) is 0 Å². The Bertz CT molecular complexity index is 1560.